The van der Waals surface area contributed by atoms with Gasteiger partial charge in [-0.1, -0.05) is 18.2 Å². The number of fused-ring (bicyclic) bond motifs is 3. The molecule has 0 saturated carbocycles. The summed E-state index contributed by atoms with van der Waals surface area (Å²) in [5, 5.41) is 0. The molecule has 5 rings (SSSR count). The van der Waals surface area contributed by atoms with Crippen molar-refractivity contribution in [3.8, 4) is 11.1 Å². The van der Waals surface area contributed by atoms with Crippen LogP contribution in [-0.2, 0) is 16.1 Å². The molecule has 0 N–H and O–H groups in total. The fraction of sp³-hybridized carbons (Fsp3) is 0.519. The average Bonchev–Trinajstić information content (AvgIpc) is 2.93. The molecule has 2 aromatic rings. The first-order valence-corrected chi connectivity index (χ1v) is 13.0. The predicted molar refractivity (Wildman–Crippen MR) is 134 cm³/mol. The highest BCUT2D eigenvalue weighted by Crippen LogP contribution is 2.52. The van der Waals surface area contributed by atoms with E-state index in [0.717, 1.165) is 31.8 Å². The quantitative estimate of drug-likeness (QED) is 0.563. The van der Waals surface area contributed by atoms with Crippen molar-refractivity contribution in [2.75, 3.05) is 37.4 Å². The molecule has 0 radical (unpaired) electrons. The molecule has 33 heavy (non-hydrogen) atoms. The molecule has 3 aliphatic rings. The number of ether oxygens (including phenoxy) is 2. The molecule has 2 atom stereocenters. The van der Waals surface area contributed by atoms with Crippen molar-refractivity contribution in [3.63, 3.8) is 0 Å². The van der Waals surface area contributed by atoms with E-state index in [2.05, 4.69) is 41.3 Å². The molecule has 176 valence electrons. The highest BCUT2D eigenvalue weighted by Gasteiger charge is 2.45. The molecule has 0 spiro atoms. The molecular formula is C27H34N2O3S. The number of methoxy groups -OCH3 is 1. The van der Waals surface area contributed by atoms with Crippen molar-refractivity contribution < 1.29 is 14.3 Å². The average molecular weight is 467 g/mol. The van der Waals surface area contributed by atoms with Gasteiger partial charge in [0.1, 0.15) is 5.60 Å². The van der Waals surface area contributed by atoms with Gasteiger partial charge in [0.15, 0.2) is 0 Å². The minimum Gasteiger partial charge on any atom is -0.444 e. The van der Waals surface area contributed by atoms with Crippen LogP contribution in [0.25, 0.3) is 11.1 Å². The van der Waals surface area contributed by atoms with Crippen LogP contribution in [-0.4, -0.2) is 55.1 Å². The molecule has 6 heteroatoms. The Morgan fingerprint density at radius 2 is 2.00 bits per heavy atom. The number of hydrogen-bond donors (Lipinski definition) is 0. The first kappa shape index (κ1) is 22.6. The highest BCUT2D eigenvalue weighted by atomic mass is 32.2. The molecular weight excluding hydrogens is 432 g/mol. The number of nitrogens with zero attached hydrogens (tertiary/aromatic N) is 2. The lowest BCUT2D eigenvalue weighted by Crippen LogP contribution is -2.49. The third-order valence-electron chi connectivity index (χ3n) is 6.79. The SMILES string of the molecule is COCc1cccc(-c2cc3c4c(c2)[C@@H]2CN(C(=O)OC(C)(C)C)CC[C@@H]2N4CCCS3)c1. The summed E-state index contributed by atoms with van der Waals surface area (Å²) in [5.41, 5.74) is 6.00. The number of hydrogen-bond acceptors (Lipinski definition) is 5. The van der Waals surface area contributed by atoms with Crippen LogP contribution < -0.4 is 4.90 Å². The van der Waals surface area contributed by atoms with Gasteiger partial charge < -0.3 is 19.3 Å². The number of rotatable bonds is 3. The number of anilines is 1. The zero-order chi connectivity index (χ0) is 23.2. The molecule has 0 bridgehead atoms. The Morgan fingerprint density at radius 1 is 1.15 bits per heavy atom. The Hall–Kier alpha value is -2.18. The van der Waals surface area contributed by atoms with Gasteiger partial charge in [-0.25, -0.2) is 4.79 Å². The second-order valence-electron chi connectivity index (χ2n) is 10.3. The maximum atomic E-state index is 12.9. The number of carbonyl (C=O) groups excluding carboxylic acids is 1. The fourth-order valence-corrected chi connectivity index (χ4v) is 6.55. The van der Waals surface area contributed by atoms with Gasteiger partial charge in [-0.2, -0.15) is 0 Å². The first-order valence-electron chi connectivity index (χ1n) is 12.0. The highest BCUT2D eigenvalue weighted by molar-refractivity contribution is 7.99. The van der Waals surface area contributed by atoms with E-state index in [1.54, 1.807) is 7.11 Å². The van der Waals surface area contributed by atoms with Gasteiger partial charge >= 0.3 is 6.09 Å². The second-order valence-corrected chi connectivity index (χ2v) is 11.5. The van der Waals surface area contributed by atoms with Gasteiger partial charge in [0.05, 0.1) is 12.3 Å². The Bertz CT molecular complexity index is 1050. The Kier molecular flexibility index (Phi) is 6.08. The molecule has 0 aliphatic carbocycles. The van der Waals surface area contributed by atoms with Crippen LogP contribution in [0.5, 0.6) is 0 Å². The van der Waals surface area contributed by atoms with Crippen LogP contribution >= 0.6 is 11.8 Å². The first-order chi connectivity index (χ1) is 15.8. The largest absolute Gasteiger partial charge is 0.444 e. The lowest BCUT2D eigenvalue weighted by molar-refractivity contribution is 0.0189. The van der Waals surface area contributed by atoms with Crippen LogP contribution in [0.4, 0.5) is 10.5 Å². The van der Waals surface area contributed by atoms with E-state index in [4.69, 9.17) is 9.47 Å². The van der Waals surface area contributed by atoms with Gasteiger partial charge in [-0.3, -0.25) is 0 Å². The number of carbonyl (C=O) groups is 1. The van der Waals surface area contributed by atoms with Crippen LogP contribution in [0.2, 0.25) is 0 Å². The number of piperidine rings is 1. The normalized spacial score (nSPS) is 21.9. The molecule has 3 aliphatic heterocycles. The van der Waals surface area contributed by atoms with Gasteiger partial charge in [-0.05, 0) is 79.8 Å². The summed E-state index contributed by atoms with van der Waals surface area (Å²) < 4.78 is 11.1. The third-order valence-corrected chi connectivity index (χ3v) is 7.91. The number of likely N-dealkylation sites (tertiary alicyclic amines) is 1. The molecule has 1 saturated heterocycles. The molecule has 1 amide bonds. The van der Waals surface area contributed by atoms with Crippen molar-refractivity contribution in [1.82, 2.24) is 4.90 Å². The lowest BCUT2D eigenvalue weighted by Gasteiger charge is -2.39. The van der Waals surface area contributed by atoms with Crippen molar-refractivity contribution in [1.29, 1.82) is 0 Å². The Balaban J connectivity index is 1.52. The molecule has 1 fully saturated rings. The van der Waals surface area contributed by atoms with Crippen LogP contribution in [0.1, 0.15) is 50.7 Å². The Morgan fingerprint density at radius 3 is 2.79 bits per heavy atom. The summed E-state index contributed by atoms with van der Waals surface area (Å²) >= 11 is 1.98. The van der Waals surface area contributed by atoms with Crippen molar-refractivity contribution in [2.24, 2.45) is 0 Å². The van der Waals surface area contributed by atoms with Gasteiger partial charge in [0.2, 0.25) is 0 Å². The summed E-state index contributed by atoms with van der Waals surface area (Å²) in [6, 6.07) is 13.9. The number of amides is 1. The van der Waals surface area contributed by atoms with E-state index < -0.39 is 5.60 Å². The van der Waals surface area contributed by atoms with E-state index in [9.17, 15) is 4.79 Å². The maximum Gasteiger partial charge on any atom is 0.410 e. The smallest absolute Gasteiger partial charge is 0.410 e. The fourth-order valence-electron chi connectivity index (χ4n) is 5.47. The molecule has 2 aromatic carbocycles. The van der Waals surface area contributed by atoms with Crippen LogP contribution in [0, 0.1) is 0 Å². The summed E-state index contributed by atoms with van der Waals surface area (Å²) in [6.07, 6.45) is 1.99. The van der Waals surface area contributed by atoms with E-state index in [1.807, 2.05) is 37.4 Å². The van der Waals surface area contributed by atoms with Crippen molar-refractivity contribution in [3.05, 3.63) is 47.5 Å². The van der Waals surface area contributed by atoms with E-state index >= 15 is 0 Å². The van der Waals surface area contributed by atoms with Crippen LogP contribution in [0.15, 0.2) is 41.3 Å². The Labute approximate surface area is 201 Å². The van der Waals surface area contributed by atoms with Crippen molar-refractivity contribution >= 4 is 23.5 Å². The number of benzene rings is 2. The number of thioether (sulfide) groups is 1. The monoisotopic (exact) mass is 466 g/mol. The minimum absolute atomic E-state index is 0.189. The van der Waals surface area contributed by atoms with E-state index in [1.165, 1.54) is 39.3 Å². The molecule has 5 nitrogen and oxygen atoms in total. The van der Waals surface area contributed by atoms with E-state index in [0.29, 0.717) is 18.6 Å². The minimum atomic E-state index is -0.474. The van der Waals surface area contributed by atoms with Crippen molar-refractivity contribution in [2.45, 2.75) is 62.7 Å². The summed E-state index contributed by atoms with van der Waals surface area (Å²) in [5.74, 6) is 1.47. The topological polar surface area (TPSA) is 42.0 Å². The molecule has 3 heterocycles. The lowest BCUT2D eigenvalue weighted by atomic mass is 9.87. The summed E-state index contributed by atoms with van der Waals surface area (Å²) in [6.45, 7) is 9.00. The van der Waals surface area contributed by atoms with Crippen LogP contribution in [0.3, 0.4) is 0 Å². The zero-order valence-corrected chi connectivity index (χ0v) is 20.9. The summed E-state index contributed by atoms with van der Waals surface area (Å²) in [4.78, 5) is 18.8. The third kappa shape index (κ3) is 4.47. The standard InChI is InChI=1S/C27H34N2O3S/c1-27(2,3)32-26(30)28-11-9-23-22(16-28)21-14-20(19-8-5-7-18(13-19)17-31-4)15-24-25(21)29(23)10-6-12-33-24/h5,7-8,13-15,22-23H,6,9-12,16-17H2,1-4H3/t22-,23-/m0/s1. The summed E-state index contributed by atoms with van der Waals surface area (Å²) in [7, 11) is 1.74. The van der Waals surface area contributed by atoms with Gasteiger partial charge in [-0.15, -0.1) is 11.8 Å². The molecule has 0 aromatic heterocycles. The zero-order valence-electron chi connectivity index (χ0n) is 20.1. The van der Waals surface area contributed by atoms with Gasteiger partial charge in [0.25, 0.3) is 0 Å². The predicted octanol–water partition coefficient (Wildman–Crippen LogP) is 5.91. The van der Waals surface area contributed by atoms with E-state index in [-0.39, 0.29) is 6.09 Å². The van der Waals surface area contributed by atoms with Gasteiger partial charge in [0, 0.05) is 43.6 Å². The second kappa shape index (κ2) is 8.88. The maximum absolute atomic E-state index is 12.9. The molecule has 0 unspecified atom stereocenters.